The Bertz CT molecular complexity index is 1750. The van der Waals surface area contributed by atoms with Crippen molar-refractivity contribution in [3.8, 4) is 5.69 Å². The van der Waals surface area contributed by atoms with Gasteiger partial charge in [0.25, 0.3) is 0 Å². The van der Waals surface area contributed by atoms with Crippen LogP contribution in [0.5, 0.6) is 0 Å². The Labute approximate surface area is 171 Å². The Morgan fingerprint density at radius 1 is 0.667 bits per heavy atom. The average molecular weight is 384 g/mol. The first-order valence-corrected chi connectivity index (χ1v) is 10.1. The van der Waals surface area contributed by atoms with E-state index in [1.54, 1.807) is 0 Å². The molecule has 0 spiro atoms. The first-order valence-electron chi connectivity index (χ1n) is 10.1. The zero-order valence-electron chi connectivity index (χ0n) is 16.0. The predicted octanol–water partition coefficient (Wildman–Crippen LogP) is 7.23. The van der Waals surface area contributed by atoms with Crippen molar-refractivity contribution in [3.63, 3.8) is 0 Å². The normalized spacial score (nSPS) is 12.0. The highest BCUT2D eigenvalue weighted by molar-refractivity contribution is 6.21. The number of pyridine rings is 1. The van der Waals surface area contributed by atoms with Gasteiger partial charge in [0.2, 0.25) is 0 Å². The zero-order valence-corrected chi connectivity index (χ0v) is 16.0. The Kier molecular flexibility index (Phi) is 3.00. The summed E-state index contributed by atoms with van der Waals surface area (Å²) in [7, 11) is 0. The molecular formula is C27H16N2O. The zero-order chi connectivity index (χ0) is 19.7. The van der Waals surface area contributed by atoms with E-state index in [0.29, 0.717) is 0 Å². The van der Waals surface area contributed by atoms with Gasteiger partial charge in [-0.05, 0) is 41.8 Å². The number of hydrogen-bond donors (Lipinski definition) is 0. The molecule has 0 atom stereocenters. The quantitative estimate of drug-likeness (QED) is 0.299. The number of hydrogen-bond acceptors (Lipinski definition) is 2. The smallest absolute Gasteiger partial charge is 0.160 e. The molecule has 3 heterocycles. The summed E-state index contributed by atoms with van der Waals surface area (Å²) in [5.41, 5.74) is 5.25. The Balaban J connectivity index is 1.71. The molecule has 4 aromatic carbocycles. The Morgan fingerprint density at radius 3 is 2.47 bits per heavy atom. The molecule has 0 fully saturated rings. The predicted molar refractivity (Wildman–Crippen MR) is 123 cm³/mol. The van der Waals surface area contributed by atoms with E-state index in [1.807, 2.05) is 24.5 Å². The molecule has 140 valence electrons. The lowest BCUT2D eigenvalue weighted by molar-refractivity contribution is 0.671. The van der Waals surface area contributed by atoms with Gasteiger partial charge < -0.3 is 8.98 Å². The van der Waals surface area contributed by atoms with Crippen LogP contribution >= 0.6 is 0 Å². The van der Waals surface area contributed by atoms with Crippen LogP contribution < -0.4 is 0 Å². The van der Waals surface area contributed by atoms with Crippen molar-refractivity contribution in [2.75, 3.05) is 0 Å². The van der Waals surface area contributed by atoms with Crippen LogP contribution in [-0.4, -0.2) is 9.55 Å². The molecule has 7 aromatic rings. The fourth-order valence-corrected chi connectivity index (χ4v) is 4.71. The van der Waals surface area contributed by atoms with E-state index >= 15 is 0 Å². The first-order chi connectivity index (χ1) is 14.9. The molecule has 7 rings (SSSR count). The molecule has 0 saturated heterocycles. The third-order valence-electron chi connectivity index (χ3n) is 6.06. The van der Waals surface area contributed by atoms with Crippen molar-refractivity contribution in [3.05, 3.63) is 97.3 Å². The summed E-state index contributed by atoms with van der Waals surface area (Å²) in [5.74, 6) is 0. The van der Waals surface area contributed by atoms with Crippen LogP contribution in [0.3, 0.4) is 0 Å². The van der Waals surface area contributed by atoms with E-state index in [2.05, 4.69) is 82.3 Å². The minimum atomic E-state index is 0.918. The molecule has 0 unspecified atom stereocenters. The lowest BCUT2D eigenvalue weighted by atomic mass is 10.1. The number of rotatable bonds is 1. The molecule has 0 bridgehead atoms. The van der Waals surface area contributed by atoms with Gasteiger partial charge in [0, 0.05) is 45.0 Å². The van der Waals surface area contributed by atoms with E-state index in [4.69, 9.17) is 4.42 Å². The van der Waals surface area contributed by atoms with Gasteiger partial charge in [-0.25, -0.2) is 0 Å². The summed E-state index contributed by atoms with van der Waals surface area (Å²) < 4.78 is 8.74. The molecule has 0 aliphatic carbocycles. The van der Waals surface area contributed by atoms with Crippen LogP contribution in [0.25, 0.3) is 60.2 Å². The van der Waals surface area contributed by atoms with E-state index in [1.165, 1.54) is 21.7 Å². The summed E-state index contributed by atoms with van der Waals surface area (Å²) in [5, 5.41) is 7.03. The molecule has 0 aliphatic heterocycles. The summed E-state index contributed by atoms with van der Waals surface area (Å²) in [6, 6.07) is 29.8. The monoisotopic (exact) mass is 384 g/mol. The number of nitrogens with zero attached hydrogens (tertiary/aromatic N) is 2. The minimum absolute atomic E-state index is 0.918. The first kappa shape index (κ1) is 15.8. The third kappa shape index (κ3) is 2.01. The maximum Gasteiger partial charge on any atom is 0.160 e. The largest absolute Gasteiger partial charge is 0.454 e. The van der Waals surface area contributed by atoms with Gasteiger partial charge in [0.15, 0.2) is 5.58 Å². The minimum Gasteiger partial charge on any atom is -0.454 e. The molecular weight excluding hydrogens is 368 g/mol. The third-order valence-corrected chi connectivity index (χ3v) is 6.06. The number of para-hydroxylation sites is 2. The average Bonchev–Trinajstić information content (AvgIpc) is 3.34. The molecule has 30 heavy (non-hydrogen) atoms. The molecule has 0 aliphatic rings. The standard InChI is InChI=1S/C27H16N2O/c1-3-7-24-20(5-1)22-11-12-23-21-6-2-4-8-25(21)30-27(23)26(22)29(24)19-10-9-18-16-28-14-13-17(18)15-19/h1-16H. The fraction of sp³-hybridized carbons (Fsp3) is 0. The molecule has 3 nitrogen and oxygen atoms in total. The number of furan rings is 1. The summed E-state index contributed by atoms with van der Waals surface area (Å²) in [4.78, 5) is 4.25. The van der Waals surface area contributed by atoms with E-state index in [9.17, 15) is 0 Å². The van der Waals surface area contributed by atoms with Crippen molar-refractivity contribution in [2.45, 2.75) is 0 Å². The van der Waals surface area contributed by atoms with Crippen molar-refractivity contribution in [2.24, 2.45) is 0 Å². The van der Waals surface area contributed by atoms with Crippen molar-refractivity contribution >= 4 is 54.5 Å². The van der Waals surface area contributed by atoms with Crippen LogP contribution in [0.15, 0.2) is 102 Å². The van der Waals surface area contributed by atoms with Gasteiger partial charge in [-0.2, -0.15) is 0 Å². The van der Waals surface area contributed by atoms with Gasteiger partial charge in [-0.1, -0.05) is 48.5 Å². The molecule has 3 heteroatoms. The van der Waals surface area contributed by atoms with Crippen LogP contribution in [0.1, 0.15) is 0 Å². The summed E-state index contributed by atoms with van der Waals surface area (Å²) in [6.07, 6.45) is 3.75. The van der Waals surface area contributed by atoms with E-state index in [-0.39, 0.29) is 0 Å². The lowest BCUT2D eigenvalue weighted by Gasteiger charge is -2.09. The Hall–Kier alpha value is -4.11. The van der Waals surface area contributed by atoms with E-state index < -0.39 is 0 Å². The second kappa shape index (κ2) is 5.71. The maximum absolute atomic E-state index is 6.41. The number of aromatic nitrogens is 2. The van der Waals surface area contributed by atoms with Crippen LogP contribution in [0, 0.1) is 0 Å². The topological polar surface area (TPSA) is 31.0 Å². The lowest BCUT2D eigenvalue weighted by Crippen LogP contribution is -1.94. The van der Waals surface area contributed by atoms with Crippen LogP contribution in [0.4, 0.5) is 0 Å². The SMILES string of the molecule is c1ccc2c(c1)oc1c2ccc2c3ccccc3n(-c3ccc4cnccc4c3)c21. The van der Waals surface area contributed by atoms with Crippen molar-refractivity contribution in [1.82, 2.24) is 9.55 Å². The van der Waals surface area contributed by atoms with Gasteiger partial charge in [-0.15, -0.1) is 0 Å². The van der Waals surface area contributed by atoms with Crippen molar-refractivity contribution < 1.29 is 4.42 Å². The molecule has 0 radical (unpaired) electrons. The van der Waals surface area contributed by atoms with Crippen LogP contribution in [0.2, 0.25) is 0 Å². The second-order valence-corrected chi connectivity index (χ2v) is 7.70. The fourth-order valence-electron chi connectivity index (χ4n) is 4.71. The molecule has 0 amide bonds. The molecule has 0 N–H and O–H groups in total. The van der Waals surface area contributed by atoms with Gasteiger partial charge in [0.1, 0.15) is 5.58 Å². The summed E-state index contributed by atoms with van der Waals surface area (Å²) >= 11 is 0. The second-order valence-electron chi connectivity index (χ2n) is 7.70. The van der Waals surface area contributed by atoms with Gasteiger partial charge >= 0.3 is 0 Å². The summed E-state index contributed by atoms with van der Waals surface area (Å²) in [6.45, 7) is 0. The maximum atomic E-state index is 6.41. The van der Waals surface area contributed by atoms with Gasteiger partial charge in [0.05, 0.1) is 11.0 Å². The molecule has 3 aromatic heterocycles. The van der Waals surface area contributed by atoms with E-state index in [0.717, 1.165) is 38.5 Å². The molecule has 0 saturated carbocycles. The highest BCUT2D eigenvalue weighted by Crippen LogP contribution is 2.40. The van der Waals surface area contributed by atoms with Crippen molar-refractivity contribution in [1.29, 1.82) is 0 Å². The van der Waals surface area contributed by atoms with Crippen LogP contribution in [-0.2, 0) is 0 Å². The number of benzene rings is 4. The Morgan fingerprint density at radius 2 is 1.50 bits per heavy atom. The van der Waals surface area contributed by atoms with Gasteiger partial charge in [-0.3, -0.25) is 4.98 Å². The highest BCUT2D eigenvalue weighted by atomic mass is 16.3. The highest BCUT2D eigenvalue weighted by Gasteiger charge is 2.18. The number of fused-ring (bicyclic) bond motifs is 8.